The van der Waals surface area contributed by atoms with Crippen molar-refractivity contribution in [1.82, 2.24) is 10.2 Å². The van der Waals surface area contributed by atoms with Gasteiger partial charge in [0.05, 0.1) is 17.7 Å². The number of nitrogens with one attached hydrogen (secondary N) is 1. The molecule has 0 aliphatic rings. The summed E-state index contributed by atoms with van der Waals surface area (Å²) in [7, 11) is -2.58. The predicted octanol–water partition coefficient (Wildman–Crippen LogP) is 4.92. The van der Waals surface area contributed by atoms with E-state index in [-0.39, 0.29) is 17.3 Å². The third-order valence-electron chi connectivity index (χ3n) is 6.66. The molecule has 0 aliphatic heterocycles. The summed E-state index contributed by atoms with van der Waals surface area (Å²) in [4.78, 5) is 28.8. The molecule has 0 radical (unpaired) electrons. The van der Waals surface area contributed by atoms with E-state index in [0.717, 1.165) is 28.3 Å². The van der Waals surface area contributed by atoms with Crippen molar-refractivity contribution in [3.63, 3.8) is 0 Å². The number of sulfonamides is 1. The van der Waals surface area contributed by atoms with E-state index in [0.29, 0.717) is 24.4 Å². The number of carbonyl (C=O) groups is 2. The highest BCUT2D eigenvalue weighted by atomic mass is 32.2. The average Bonchev–Trinajstić information content (AvgIpc) is 2.97. The molecular weight excluding hydrogens is 526 g/mol. The van der Waals surface area contributed by atoms with Crippen molar-refractivity contribution < 1.29 is 22.7 Å². The van der Waals surface area contributed by atoms with Gasteiger partial charge in [-0.3, -0.25) is 13.9 Å². The Labute approximate surface area is 238 Å². The Morgan fingerprint density at radius 2 is 1.57 bits per heavy atom. The molecular formula is C31H39N3O5S. The van der Waals surface area contributed by atoms with E-state index in [2.05, 4.69) is 5.32 Å². The first-order valence-electron chi connectivity index (χ1n) is 13.6. The third kappa shape index (κ3) is 7.85. The van der Waals surface area contributed by atoms with E-state index in [1.165, 1.54) is 24.1 Å². The van der Waals surface area contributed by atoms with Crippen LogP contribution in [-0.4, -0.2) is 51.4 Å². The first-order valence-corrected chi connectivity index (χ1v) is 15.0. The molecule has 9 heteroatoms. The van der Waals surface area contributed by atoms with Crippen LogP contribution in [0.5, 0.6) is 5.75 Å². The standard InChI is InChI=1S/C31H39N3O5S/c1-5-7-21-32-31(36)29(6-2)33(22-25-15-13-24(3)14-16-25)30(35)23-34(26-17-19-27(39-4)20-18-26)40(37,38)28-11-9-8-10-12-28/h8-20,29H,5-7,21-23H2,1-4H3,(H,32,36). The van der Waals surface area contributed by atoms with Gasteiger partial charge < -0.3 is 15.0 Å². The molecule has 0 aromatic heterocycles. The van der Waals surface area contributed by atoms with Crippen molar-refractivity contribution in [3.05, 3.63) is 90.0 Å². The maximum absolute atomic E-state index is 14.0. The van der Waals surface area contributed by atoms with Gasteiger partial charge >= 0.3 is 0 Å². The topological polar surface area (TPSA) is 96.0 Å². The number of benzene rings is 3. The Kier molecular flexibility index (Phi) is 11.1. The molecule has 2 amide bonds. The highest BCUT2D eigenvalue weighted by Gasteiger charge is 2.33. The summed E-state index contributed by atoms with van der Waals surface area (Å²) in [5.74, 6) is -0.172. The van der Waals surface area contributed by atoms with Crippen LogP contribution in [-0.2, 0) is 26.2 Å². The second-order valence-electron chi connectivity index (χ2n) is 9.60. The van der Waals surface area contributed by atoms with Crippen molar-refractivity contribution in [3.8, 4) is 5.75 Å². The molecule has 3 aromatic carbocycles. The van der Waals surface area contributed by atoms with Gasteiger partial charge in [0.15, 0.2) is 0 Å². The summed E-state index contributed by atoms with van der Waals surface area (Å²) in [5.41, 5.74) is 2.24. The Hall–Kier alpha value is -3.85. The summed E-state index contributed by atoms with van der Waals surface area (Å²) in [6, 6.07) is 21.5. The fourth-order valence-corrected chi connectivity index (χ4v) is 5.75. The van der Waals surface area contributed by atoms with E-state index in [4.69, 9.17) is 4.74 Å². The molecule has 0 heterocycles. The molecule has 0 saturated carbocycles. The minimum atomic E-state index is -4.11. The predicted molar refractivity (Wildman–Crippen MR) is 158 cm³/mol. The van der Waals surface area contributed by atoms with Crippen LogP contribution < -0.4 is 14.4 Å². The zero-order valence-electron chi connectivity index (χ0n) is 23.7. The number of unbranched alkanes of at least 4 members (excludes halogenated alkanes) is 1. The molecule has 0 saturated heterocycles. The molecule has 214 valence electrons. The maximum atomic E-state index is 14.0. The monoisotopic (exact) mass is 565 g/mol. The van der Waals surface area contributed by atoms with Crippen LogP contribution in [0.3, 0.4) is 0 Å². The summed E-state index contributed by atoms with van der Waals surface area (Å²) in [6.45, 7) is 6.07. The third-order valence-corrected chi connectivity index (χ3v) is 8.45. The lowest BCUT2D eigenvalue weighted by Gasteiger charge is -2.33. The highest BCUT2D eigenvalue weighted by Crippen LogP contribution is 2.26. The van der Waals surface area contributed by atoms with Gasteiger partial charge in [-0.25, -0.2) is 8.42 Å². The van der Waals surface area contributed by atoms with Crippen LogP contribution in [0, 0.1) is 6.92 Å². The number of nitrogens with zero attached hydrogens (tertiary/aromatic N) is 2. The van der Waals surface area contributed by atoms with Gasteiger partial charge in [0.25, 0.3) is 10.0 Å². The number of hydrogen-bond acceptors (Lipinski definition) is 5. The van der Waals surface area contributed by atoms with E-state index >= 15 is 0 Å². The first-order chi connectivity index (χ1) is 19.2. The van der Waals surface area contributed by atoms with Gasteiger partial charge in [0.1, 0.15) is 18.3 Å². The van der Waals surface area contributed by atoms with Gasteiger partial charge in [-0.15, -0.1) is 0 Å². The first kappa shape index (κ1) is 30.7. The molecule has 8 nitrogen and oxygen atoms in total. The summed E-state index contributed by atoms with van der Waals surface area (Å²) < 4.78 is 34.0. The Morgan fingerprint density at radius 1 is 0.925 bits per heavy atom. The molecule has 0 bridgehead atoms. The molecule has 1 unspecified atom stereocenters. The van der Waals surface area contributed by atoms with Crippen LogP contribution in [0.1, 0.15) is 44.2 Å². The van der Waals surface area contributed by atoms with Crippen molar-refractivity contribution in [2.45, 2.75) is 57.5 Å². The smallest absolute Gasteiger partial charge is 0.264 e. The van der Waals surface area contributed by atoms with Gasteiger partial charge in [0, 0.05) is 13.1 Å². The average molecular weight is 566 g/mol. The number of aryl methyl sites for hydroxylation is 1. The van der Waals surface area contributed by atoms with Gasteiger partial charge in [-0.1, -0.05) is 68.3 Å². The number of ether oxygens (including phenoxy) is 1. The largest absolute Gasteiger partial charge is 0.497 e. The number of anilines is 1. The Balaban J connectivity index is 2.02. The maximum Gasteiger partial charge on any atom is 0.264 e. The zero-order chi connectivity index (χ0) is 29.1. The molecule has 1 N–H and O–H groups in total. The van der Waals surface area contributed by atoms with E-state index in [1.807, 2.05) is 45.0 Å². The molecule has 0 aliphatic carbocycles. The van der Waals surface area contributed by atoms with Crippen molar-refractivity contribution >= 4 is 27.5 Å². The zero-order valence-corrected chi connectivity index (χ0v) is 24.5. The minimum Gasteiger partial charge on any atom is -0.497 e. The summed E-state index contributed by atoms with van der Waals surface area (Å²) >= 11 is 0. The molecule has 40 heavy (non-hydrogen) atoms. The lowest BCUT2D eigenvalue weighted by molar-refractivity contribution is -0.140. The number of amides is 2. The fraction of sp³-hybridized carbons (Fsp3) is 0.355. The summed E-state index contributed by atoms with van der Waals surface area (Å²) in [6.07, 6.45) is 2.13. The van der Waals surface area contributed by atoms with E-state index in [1.54, 1.807) is 42.5 Å². The number of rotatable bonds is 14. The van der Waals surface area contributed by atoms with Gasteiger partial charge in [0.2, 0.25) is 11.8 Å². The van der Waals surface area contributed by atoms with E-state index < -0.39 is 28.5 Å². The quantitative estimate of drug-likeness (QED) is 0.280. The van der Waals surface area contributed by atoms with Crippen molar-refractivity contribution in [2.75, 3.05) is 24.5 Å². The van der Waals surface area contributed by atoms with Crippen molar-refractivity contribution in [2.24, 2.45) is 0 Å². The normalized spacial score (nSPS) is 11.9. The van der Waals surface area contributed by atoms with Crippen LogP contribution in [0.4, 0.5) is 5.69 Å². The van der Waals surface area contributed by atoms with Crippen LogP contribution in [0.25, 0.3) is 0 Å². The Morgan fingerprint density at radius 3 is 2.15 bits per heavy atom. The van der Waals surface area contributed by atoms with Crippen molar-refractivity contribution in [1.29, 1.82) is 0 Å². The number of methoxy groups -OCH3 is 1. The second kappa shape index (κ2) is 14.5. The lowest BCUT2D eigenvalue weighted by atomic mass is 10.1. The molecule has 3 rings (SSSR count). The SMILES string of the molecule is CCCCNC(=O)C(CC)N(Cc1ccc(C)cc1)C(=O)CN(c1ccc(OC)cc1)S(=O)(=O)c1ccccc1. The minimum absolute atomic E-state index is 0.0630. The van der Waals surface area contributed by atoms with E-state index in [9.17, 15) is 18.0 Å². The number of hydrogen-bond donors (Lipinski definition) is 1. The van der Waals surface area contributed by atoms with Crippen LogP contribution in [0.15, 0.2) is 83.8 Å². The van der Waals surface area contributed by atoms with Crippen LogP contribution >= 0.6 is 0 Å². The van der Waals surface area contributed by atoms with Gasteiger partial charge in [-0.2, -0.15) is 0 Å². The summed E-state index contributed by atoms with van der Waals surface area (Å²) in [5, 5.41) is 2.94. The number of carbonyl (C=O) groups excluding carboxylic acids is 2. The van der Waals surface area contributed by atoms with Crippen LogP contribution in [0.2, 0.25) is 0 Å². The molecule has 3 aromatic rings. The lowest BCUT2D eigenvalue weighted by Crippen LogP contribution is -2.52. The van der Waals surface area contributed by atoms with Gasteiger partial charge in [-0.05, 0) is 61.7 Å². The highest BCUT2D eigenvalue weighted by molar-refractivity contribution is 7.92. The molecule has 0 spiro atoms. The second-order valence-corrected chi connectivity index (χ2v) is 11.5. The Bertz CT molecular complexity index is 1340. The molecule has 1 atom stereocenters. The molecule has 0 fully saturated rings. The fourth-order valence-electron chi connectivity index (χ4n) is 4.31.